The van der Waals surface area contributed by atoms with Crippen molar-refractivity contribution < 1.29 is 17.9 Å². The molecule has 0 unspecified atom stereocenters. The van der Waals surface area contributed by atoms with Gasteiger partial charge >= 0.3 is 0 Å². The van der Waals surface area contributed by atoms with Crippen LogP contribution in [0.5, 0.6) is 5.75 Å². The van der Waals surface area contributed by atoms with Crippen LogP contribution < -0.4 is 9.46 Å². The lowest BCUT2D eigenvalue weighted by Gasteiger charge is -2.11. The third-order valence-electron chi connectivity index (χ3n) is 2.39. The minimum absolute atomic E-state index is 0.0648. The molecule has 1 rings (SSSR count). The summed E-state index contributed by atoms with van der Waals surface area (Å²) in [4.78, 5) is -0.0648. The van der Waals surface area contributed by atoms with Crippen LogP contribution in [0.4, 0.5) is 0 Å². The highest BCUT2D eigenvalue weighted by molar-refractivity contribution is 7.89. The summed E-state index contributed by atoms with van der Waals surface area (Å²) >= 11 is 12.0. The summed E-state index contributed by atoms with van der Waals surface area (Å²) in [6, 6.07) is 2.69. The molecule has 1 N–H and O–H groups in total. The molecule has 1 aromatic rings. The summed E-state index contributed by atoms with van der Waals surface area (Å²) in [6.07, 6.45) is 0.568. The van der Waals surface area contributed by atoms with Gasteiger partial charge in [0.15, 0.2) is 0 Å². The summed E-state index contributed by atoms with van der Waals surface area (Å²) in [5.74, 6) is 0.359. The molecule has 0 saturated heterocycles. The molecule has 8 heteroatoms. The van der Waals surface area contributed by atoms with E-state index in [1.165, 1.54) is 12.1 Å². The van der Waals surface area contributed by atoms with Crippen molar-refractivity contribution in [2.24, 2.45) is 0 Å². The summed E-state index contributed by atoms with van der Waals surface area (Å²) in [6.45, 7) is 2.95. The van der Waals surface area contributed by atoms with Crippen LogP contribution >= 0.6 is 23.2 Å². The quantitative estimate of drug-likeness (QED) is 0.738. The van der Waals surface area contributed by atoms with Gasteiger partial charge in [-0.25, -0.2) is 13.1 Å². The first-order valence-corrected chi connectivity index (χ1v) is 8.26. The number of rotatable bonds is 8. The monoisotopic (exact) mass is 341 g/mol. The zero-order valence-electron chi connectivity index (χ0n) is 11.3. The van der Waals surface area contributed by atoms with Crippen LogP contribution in [-0.2, 0) is 14.8 Å². The number of sulfonamides is 1. The number of nitrogens with one attached hydrogen (secondary N) is 1. The van der Waals surface area contributed by atoms with E-state index in [-0.39, 0.29) is 21.5 Å². The van der Waals surface area contributed by atoms with E-state index in [2.05, 4.69) is 4.72 Å². The minimum Gasteiger partial charge on any atom is -0.492 e. The molecule has 5 nitrogen and oxygen atoms in total. The molecule has 0 heterocycles. The first kappa shape index (κ1) is 17.5. The number of benzene rings is 1. The van der Waals surface area contributed by atoms with Crippen molar-refractivity contribution in [1.29, 1.82) is 0 Å². The Morgan fingerprint density at radius 3 is 2.55 bits per heavy atom. The summed E-state index contributed by atoms with van der Waals surface area (Å²) < 4.78 is 36.7. The van der Waals surface area contributed by atoms with Crippen molar-refractivity contribution in [3.05, 3.63) is 22.2 Å². The summed E-state index contributed by atoms with van der Waals surface area (Å²) in [7, 11) is -2.15. The second-order valence-corrected chi connectivity index (χ2v) is 6.44. The van der Waals surface area contributed by atoms with Gasteiger partial charge in [-0.15, -0.1) is 0 Å². The predicted molar refractivity (Wildman–Crippen MR) is 79.3 cm³/mol. The van der Waals surface area contributed by atoms with Gasteiger partial charge in [-0.3, -0.25) is 0 Å². The maximum absolute atomic E-state index is 12.1. The number of hydrogen-bond acceptors (Lipinski definition) is 4. The first-order valence-electron chi connectivity index (χ1n) is 6.02. The van der Waals surface area contributed by atoms with Crippen LogP contribution in [0, 0.1) is 0 Å². The van der Waals surface area contributed by atoms with Crippen molar-refractivity contribution >= 4 is 33.2 Å². The van der Waals surface area contributed by atoms with E-state index in [9.17, 15) is 8.42 Å². The highest BCUT2D eigenvalue weighted by atomic mass is 35.5. The highest BCUT2D eigenvalue weighted by Crippen LogP contribution is 2.33. The average Bonchev–Trinajstić information content (AvgIpc) is 2.39. The predicted octanol–water partition coefficient (Wildman–Crippen LogP) is 2.71. The summed E-state index contributed by atoms with van der Waals surface area (Å²) in [5, 5.41) is 0.269. The van der Waals surface area contributed by atoms with Crippen LogP contribution in [-0.4, -0.2) is 35.3 Å². The molecule has 0 aromatic heterocycles. The van der Waals surface area contributed by atoms with Crippen LogP contribution in [0.2, 0.25) is 10.0 Å². The lowest BCUT2D eigenvalue weighted by Crippen LogP contribution is -2.25. The molecule has 0 fully saturated rings. The topological polar surface area (TPSA) is 64.6 Å². The Balaban J connectivity index is 2.92. The smallest absolute Gasteiger partial charge is 0.242 e. The molecular formula is C12H17Cl2NO4S. The number of halogens is 2. The third-order valence-corrected chi connectivity index (χ3v) is 4.61. The Hall–Kier alpha value is -0.530. The standard InChI is InChI=1S/C12H17Cl2NO4S/c1-3-19-11-7-10(14)12(8-9(11)13)20(16,17)15-5-4-6-18-2/h7-8,15H,3-6H2,1-2H3. The van der Waals surface area contributed by atoms with E-state index < -0.39 is 10.0 Å². The van der Waals surface area contributed by atoms with Crippen molar-refractivity contribution in [2.75, 3.05) is 26.9 Å². The molecule has 0 spiro atoms. The van der Waals surface area contributed by atoms with Gasteiger partial charge < -0.3 is 9.47 Å². The van der Waals surface area contributed by atoms with E-state index in [4.69, 9.17) is 32.7 Å². The van der Waals surface area contributed by atoms with Crippen molar-refractivity contribution in [3.8, 4) is 5.75 Å². The number of ether oxygens (including phenoxy) is 2. The van der Waals surface area contributed by atoms with Gasteiger partial charge in [-0.2, -0.15) is 0 Å². The fourth-order valence-electron chi connectivity index (χ4n) is 1.48. The zero-order chi connectivity index (χ0) is 15.2. The molecule has 0 bridgehead atoms. The first-order chi connectivity index (χ1) is 9.42. The Kier molecular flexibility index (Phi) is 7.05. The molecule has 0 aliphatic rings. The van der Waals surface area contributed by atoms with Gasteiger partial charge in [0.05, 0.1) is 16.7 Å². The lowest BCUT2D eigenvalue weighted by atomic mass is 10.3. The third kappa shape index (κ3) is 4.79. The van der Waals surface area contributed by atoms with Gasteiger partial charge in [0.2, 0.25) is 10.0 Å². The molecule has 0 aliphatic heterocycles. The average molecular weight is 342 g/mol. The van der Waals surface area contributed by atoms with Crippen LogP contribution in [0.3, 0.4) is 0 Å². The second-order valence-electron chi connectivity index (χ2n) is 3.89. The fourth-order valence-corrected chi connectivity index (χ4v) is 3.38. The SMILES string of the molecule is CCOc1cc(Cl)c(S(=O)(=O)NCCCOC)cc1Cl. The van der Waals surface area contributed by atoms with Crippen molar-refractivity contribution in [3.63, 3.8) is 0 Å². The maximum atomic E-state index is 12.1. The molecule has 0 radical (unpaired) electrons. The van der Waals surface area contributed by atoms with Gasteiger partial charge in [-0.1, -0.05) is 23.2 Å². The van der Waals surface area contributed by atoms with Gasteiger partial charge in [0, 0.05) is 26.3 Å². The molecule has 0 atom stereocenters. The number of hydrogen-bond donors (Lipinski definition) is 1. The summed E-state index contributed by atoms with van der Waals surface area (Å²) in [5.41, 5.74) is 0. The Bertz CT molecular complexity index is 549. The van der Waals surface area contributed by atoms with Gasteiger partial charge in [0.1, 0.15) is 10.6 Å². The van der Waals surface area contributed by atoms with E-state index in [1.54, 1.807) is 14.0 Å². The molecule has 1 aromatic carbocycles. The number of methoxy groups -OCH3 is 1. The van der Waals surface area contributed by atoms with Crippen LogP contribution in [0.1, 0.15) is 13.3 Å². The van der Waals surface area contributed by atoms with Crippen LogP contribution in [0.15, 0.2) is 17.0 Å². The molecule has 0 saturated carbocycles. The highest BCUT2D eigenvalue weighted by Gasteiger charge is 2.20. The van der Waals surface area contributed by atoms with Crippen molar-refractivity contribution in [2.45, 2.75) is 18.2 Å². The van der Waals surface area contributed by atoms with Crippen LogP contribution in [0.25, 0.3) is 0 Å². The van der Waals surface area contributed by atoms with Crippen molar-refractivity contribution in [1.82, 2.24) is 4.72 Å². The molecule has 0 amide bonds. The van der Waals surface area contributed by atoms with Gasteiger partial charge in [0.25, 0.3) is 0 Å². The molecule has 0 aliphatic carbocycles. The molecule has 114 valence electrons. The van der Waals surface area contributed by atoms with Gasteiger partial charge in [-0.05, 0) is 19.4 Å². The fraction of sp³-hybridized carbons (Fsp3) is 0.500. The van der Waals surface area contributed by atoms with E-state index >= 15 is 0 Å². The van der Waals surface area contributed by atoms with E-state index in [0.717, 1.165) is 0 Å². The molecular weight excluding hydrogens is 325 g/mol. The lowest BCUT2D eigenvalue weighted by molar-refractivity contribution is 0.196. The Labute approximate surface area is 129 Å². The Morgan fingerprint density at radius 2 is 1.95 bits per heavy atom. The Morgan fingerprint density at radius 1 is 1.25 bits per heavy atom. The van der Waals surface area contributed by atoms with E-state index in [1.807, 2.05) is 0 Å². The largest absolute Gasteiger partial charge is 0.492 e. The normalized spacial score (nSPS) is 11.6. The minimum atomic E-state index is -3.70. The molecule has 20 heavy (non-hydrogen) atoms. The second kappa shape index (κ2) is 8.05. The zero-order valence-corrected chi connectivity index (χ0v) is 13.6. The van der Waals surface area contributed by atoms with E-state index in [0.29, 0.717) is 25.4 Å². The maximum Gasteiger partial charge on any atom is 0.242 e.